The zero-order valence-electron chi connectivity index (χ0n) is 23.7. The molecule has 0 bridgehead atoms. The Morgan fingerprint density at radius 1 is 0.811 bits per heavy atom. The smallest absolute Gasteiger partial charge is 0.407 e. The van der Waals surface area contributed by atoms with Crippen LogP contribution in [0.2, 0.25) is 0 Å². The van der Waals surface area contributed by atoms with Crippen LogP contribution in [0.25, 0.3) is 0 Å². The maximum absolute atomic E-state index is 12.1. The number of alkyl carbamates (subject to hydrolysis) is 1. The molecular formula is C31H52INO4. The second-order valence-electron chi connectivity index (χ2n) is 10.6. The van der Waals surface area contributed by atoms with E-state index in [0.29, 0.717) is 6.54 Å². The van der Waals surface area contributed by atoms with Gasteiger partial charge in [-0.2, -0.15) is 0 Å². The van der Waals surface area contributed by atoms with Gasteiger partial charge in [-0.05, 0) is 24.8 Å². The summed E-state index contributed by atoms with van der Waals surface area (Å²) in [5.74, 6) is -0.460. The molecule has 0 radical (unpaired) electrons. The quantitative estimate of drug-likeness (QED) is 0.0603. The molecule has 0 aromatic heterocycles. The molecule has 212 valence electrons. The molecule has 1 amide bonds. The van der Waals surface area contributed by atoms with Gasteiger partial charge in [0.1, 0.15) is 13.2 Å². The predicted molar refractivity (Wildman–Crippen MR) is 162 cm³/mol. The van der Waals surface area contributed by atoms with E-state index >= 15 is 0 Å². The number of unbranched alkanes of at least 4 members (excludes halogenated alkanes) is 11. The zero-order valence-corrected chi connectivity index (χ0v) is 25.9. The minimum absolute atomic E-state index is 0.0720. The number of hydrogen-bond donors (Lipinski definition) is 1. The molecule has 0 saturated heterocycles. The summed E-state index contributed by atoms with van der Waals surface area (Å²) in [5.41, 5.74) is 1.34. The van der Waals surface area contributed by atoms with Gasteiger partial charge < -0.3 is 14.8 Å². The van der Waals surface area contributed by atoms with Crippen LogP contribution < -0.4 is 5.32 Å². The van der Waals surface area contributed by atoms with E-state index in [4.69, 9.17) is 9.47 Å². The van der Waals surface area contributed by atoms with Crippen molar-refractivity contribution in [3.63, 3.8) is 0 Å². The molecule has 0 aliphatic rings. The molecule has 0 saturated carbocycles. The molecule has 0 heterocycles. The number of carbonyl (C=O) groups is 2. The summed E-state index contributed by atoms with van der Waals surface area (Å²) >= 11 is 2.62. The predicted octanol–water partition coefficient (Wildman–Crippen LogP) is 8.81. The monoisotopic (exact) mass is 629 g/mol. The first kappa shape index (κ1) is 33.7. The molecule has 6 heteroatoms. The lowest BCUT2D eigenvalue weighted by molar-refractivity contribution is -0.148. The van der Waals surface area contributed by atoms with E-state index in [-0.39, 0.29) is 28.5 Å². The number of hydrogen-bond acceptors (Lipinski definition) is 4. The largest absolute Gasteiger partial charge is 0.462 e. The van der Waals surface area contributed by atoms with Crippen LogP contribution in [-0.4, -0.2) is 35.2 Å². The second-order valence-corrected chi connectivity index (χ2v) is 12.9. The molecule has 37 heavy (non-hydrogen) atoms. The summed E-state index contributed by atoms with van der Waals surface area (Å²) in [4.78, 5) is 23.5. The highest BCUT2D eigenvalue weighted by molar-refractivity contribution is 14.1. The third kappa shape index (κ3) is 18.6. The van der Waals surface area contributed by atoms with Gasteiger partial charge in [0.15, 0.2) is 0 Å². The maximum Gasteiger partial charge on any atom is 0.407 e. The molecule has 0 aliphatic carbocycles. The molecule has 0 fully saturated rings. The van der Waals surface area contributed by atoms with Gasteiger partial charge in [-0.25, -0.2) is 4.79 Å². The lowest BCUT2D eigenvalue weighted by Crippen LogP contribution is -2.33. The molecule has 1 atom stereocenters. The average molecular weight is 630 g/mol. The summed E-state index contributed by atoms with van der Waals surface area (Å²) in [5, 5.41) is 2.87. The van der Waals surface area contributed by atoms with E-state index in [1.165, 1.54) is 82.6 Å². The Morgan fingerprint density at radius 3 is 1.92 bits per heavy atom. The summed E-state index contributed by atoms with van der Waals surface area (Å²) in [7, 11) is 0. The Labute approximate surface area is 240 Å². The van der Waals surface area contributed by atoms with Crippen molar-refractivity contribution in [3.05, 3.63) is 35.9 Å². The van der Waals surface area contributed by atoms with Gasteiger partial charge in [-0.1, -0.05) is 151 Å². The normalized spacial score (nSPS) is 12.8. The van der Waals surface area contributed by atoms with Gasteiger partial charge in [0.25, 0.3) is 0 Å². The summed E-state index contributed by atoms with van der Waals surface area (Å²) in [6, 6.07) is 10.6. The fourth-order valence-electron chi connectivity index (χ4n) is 4.43. The number of esters is 1. The molecule has 1 rings (SSSR count). The van der Waals surface area contributed by atoms with Gasteiger partial charge in [0.2, 0.25) is 0 Å². The standard InChI is InChI=1S/C31H52INO4/c1-4-5-6-7-8-9-10-11-12-13-14-18-21-31(32,26-28-19-16-15-17-20-28)22-23-33-30(35)37-25-24-36-29(34)27(2)3/h15-17,19-20,27H,4-14,18,21-26H2,1-3H3,(H,33,35). The van der Waals surface area contributed by atoms with E-state index in [1.807, 2.05) is 0 Å². The first-order valence-corrected chi connectivity index (χ1v) is 15.7. The highest BCUT2D eigenvalue weighted by Crippen LogP contribution is 2.34. The maximum atomic E-state index is 12.1. The van der Waals surface area contributed by atoms with Gasteiger partial charge >= 0.3 is 12.1 Å². The second kappa shape index (κ2) is 21.6. The minimum atomic E-state index is -0.454. The van der Waals surface area contributed by atoms with Crippen LogP contribution in [0.1, 0.15) is 116 Å². The van der Waals surface area contributed by atoms with Crippen molar-refractivity contribution in [2.75, 3.05) is 19.8 Å². The van der Waals surface area contributed by atoms with Crippen molar-refractivity contribution < 1.29 is 19.1 Å². The van der Waals surface area contributed by atoms with Crippen LogP contribution in [0.15, 0.2) is 30.3 Å². The fraction of sp³-hybridized carbons (Fsp3) is 0.742. The van der Waals surface area contributed by atoms with Crippen LogP contribution in [0, 0.1) is 5.92 Å². The van der Waals surface area contributed by atoms with Crippen molar-refractivity contribution in [2.24, 2.45) is 5.92 Å². The van der Waals surface area contributed by atoms with Gasteiger partial charge in [-0.3, -0.25) is 4.79 Å². The van der Waals surface area contributed by atoms with Gasteiger partial charge in [-0.15, -0.1) is 0 Å². The molecule has 1 aromatic rings. The van der Waals surface area contributed by atoms with E-state index in [9.17, 15) is 9.59 Å². The number of rotatable bonds is 22. The molecule has 1 N–H and O–H groups in total. The summed E-state index contributed by atoms with van der Waals surface area (Å²) in [6.45, 7) is 6.56. The number of benzene rings is 1. The van der Waals surface area contributed by atoms with Crippen molar-refractivity contribution in [1.82, 2.24) is 5.32 Å². The van der Waals surface area contributed by atoms with Crippen LogP contribution in [0.3, 0.4) is 0 Å². The van der Waals surface area contributed by atoms with Gasteiger partial charge in [0.05, 0.1) is 5.92 Å². The lowest BCUT2D eigenvalue weighted by atomic mass is 9.90. The number of ether oxygens (including phenoxy) is 2. The highest BCUT2D eigenvalue weighted by Gasteiger charge is 2.26. The Hall–Kier alpha value is -1.31. The van der Waals surface area contributed by atoms with E-state index in [1.54, 1.807) is 13.8 Å². The van der Waals surface area contributed by atoms with Crippen molar-refractivity contribution >= 4 is 34.7 Å². The number of alkyl halides is 1. The van der Waals surface area contributed by atoms with Crippen molar-refractivity contribution in [3.8, 4) is 0 Å². The Bertz CT molecular complexity index is 712. The Morgan fingerprint density at radius 2 is 1.35 bits per heavy atom. The van der Waals surface area contributed by atoms with Gasteiger partial charge in [0, 0.05) is 9.97 Å². The van der Waals surface area contributed by atoms with E-state index in [2.05, 4.69) is 65.2 Å². The first-order valence-electron chi connectivity index (χ1n) is 14.7. The Kier molecular flexibility index (Phi) is 19.7. The van der Waals surface area contributed by atoms with Crippen LogP contribution in [0.4, 0.5) is 4.79 Å². The van der Waals surface area contributed by atoms with E-state index in [0.717, 1.165) is 19.3 Å². The van der Waals surface area contributed by atoms with E-state index < -0.39 is 6.09 Å². The van der Waals surface area contributed by atoms with Crippen LogP contribution in [-0.2, 0) is 20.7 Å². The number of nitrogens with one attached hydrogen (secondary N) is 1. The zero-order chi connectivity index (χ0) is 27.2. The Balaban J connectivity index is 2.29. The minimum Gasteiger partial charge on any atom is -0.462 e. The van der Waals surface area contributed by atoms with Crippen molar-refractivity contribution in [1.29, 1.82) is 0 Å². The topological polar surface area (TPSA) is 64.6 Å². The molecule has 0 spiro atoms. The average Bonchev–Trinajstić information content (AvgIpc) is 2.87. The molecule has 0 aliphatic heterocycles. The van der Waals surface area contributed by atoms with Crippen molar-refractivity contribution in [2.45, 2.75) is 121 Å². The number of carbonyl (C=O) groups excluding carboxylic acids is 2. The summed E-state index contributed by atoms with van der Waals surface area (Å²) < 4.78 is 10.3. The molecule has 1 unspecified atom stereocenters. The van der Waals surface area contributed by atoms with Crippen LogP contribution in [0.5, 0.6) is 0 Å². The molecular weight excluding hydrogens is 577 g/mol. The third-order valence-electron chi connectivity index (χ3n) is 6.72. The number of halogens is 1. The van der Waals surface area contributed by atoms with Crippen LogP contribution >= 0.6 is 22.6 Å². The molecule has 1 aromatic carbocycles. The first-order chi connectivity index (χ1) is 17.9. The highest BCUT2D eigenvalue weighted by atomic mass is 127. The third-order valence-corrected chi connectivity index (χ3v) is 8.18. The molecule has 5 nitrogen and oxygen atoms in total. The lowest BCUT2D eigenvalue weighted by Gasteiger charge is -2.28. The SMILES string of the molecule is CCCCCCCCCCCCCCC(I)(CCNC(=O)OCCOC(=O)C(C)C)Cc1ccccc1. The fourth-order valence-corrected chi connectivity index (χ4v) is 5.52. The number of amides is 1. The summed E-state index contributed by atoms with van der Waals surface area (Å²) in [6.07, 6.45) is 18.8.